The van der Waals surface area contributed by atoms with Crippen molar-refractivity contribution >= 4 is 39.6 Å². The van der Waals surface area contributed by atoms with E-state index in [-0.39, 0.29) is 0 Å². The lowest BCUT2D eigenvalue weighted by molar-refractivity contribution is 1.15. The molecule has 0 N–H and O–H groups in total. The first-order valence-corrected chi connectivity index (χ1v) is 13.6. The molecule has 0 unspecified atom stereocenters. The van der Waals surface area contributed by atoms with Crippen LogP contribution in [0.2, 0.25) is 5.02 Å². The second kappa shape index (κ2) is 22.2. The Hall–Kier alpha value is -3.04. The van der Waals surface area contributed by atoms with Crippen LogP contribution in [0.4, 0.5) is 0 Å². The number of rotatable bonds is 2. The van der Waals surface area contributed by atoms with Gasteiger partial charge < -0.3 is 0 Å². The van der Waals surface area contributed by atoms with Crippen LogP contribution in [0.25, 0.3) is 21.8 Å². The summed E-state index contributed by atoms with van der Waals surface area (Å²) in [5.41, 5.74) is 6.77. The molecule has 0 saturated carbocycles. The van der Waals surface area contributed by atoms with Gasteiger partial charge in [-0.25, -0.2) is 0 Å². The van der Waals surface area contributed by atoms with Crippen molar-refractivity contribution in [3.8, 4) is 0 Å². The lowest BCUT2D eigenvalue weighted by Gasteiger charge is -2.00. The smallest absolute Gasteiger partial charge is 0.0890 e. The molecule has 0 bridgehead atoms. The normalized spacial score (nSPS) is 9.19. The van der Waals surface area contributed by atoms with E-state index in [1.807, 2.05) is 85.9 Å². The second-order valence-electron chi connectivity index (χ2n) is 7.53. The Labute approximate surface area is 231 Å². The molecule has 0 amide bonds. The van der Waals surface area contributed by atoms with Crippen LogP contribution >= 0.6 is 11.6 Å². The van der Waals surface area contributed by atoms with Gasteiger partial charge in [-0.2, -0.15) is 0 Å². The van der Waals surface area contributed by atoms with Crippen LogP contribution in [-0.4, -0.2) is 22.7 Å². The zero-order valence-electron chi connectivity index (χ0n) is 25.0. The summed E-state index contributed by atoms with van der Waals surface area (Å²) >= 11 is 5.97. The van der Waals surface area contributed by atoms with E-state index in [1.165, 1.54) is 22.1 Å². The van der Waals surface area contributed by atoms with Crippen molar-refractivity contribution < 1.29 is 0 Å². The molecular weight excluding hydrogens is 474 g/mol. The third-order valence-corrected chi connectivity index (χ3v) is 4.76. The molecule has 202 valence electrons. The summed E-state index contributed by atoms with van der Waals surface area (Å²) in [6.07, 6.45) is 5.47. The average Bonchev–Trinajstić information content (AvgIpc) is 2.92. The summed E-state index contributed by atoms with van der Waals surface area (Å²) < 4.78 is 0. The fourth-order valence-electron chi connectivity index (χ4n) is 2.87. The topological polar surface area (TPSA) is 38.1 Å². The molecule has 0 aliphatic rings. The Morgan fingerprint density at radius 3 is 2.08 bits per heavy atom. The van der Waals surface area contributed by atoms with Gasteiger partial charge in [-0.15, -0.1) is 0 Å². The molecule has 0 radical (unpaired) electrons. The van der Waals surface area contributed by atoms with Gasteiger partial charge in [-0.1, -0.05) is 89.6 Å². The Balaban J connectivity index is 0. The third-order valence-electron chi connectivity index (χ3n) is 4.46. The van der Waals surface area contributed by atoms with Crippen molar-refractivity contribution in [3.05, 3.63) is 94.8 Å². The highest BCUT2D eigenvalue weighted by molar-refractivity contribution is 6.35. The van der Waals surface area contributed by atoms with E-state index >= 15 is 0 Å². The standard InChI is InChI=1S/C11H11N.C10H8ClN.C6H11N.3C2H6/c1-8-3-4-10-5-9(2)7-12-11(10)6-8;1-7-5-6-12-10-8(7)3-2-4-9(10)11;1-4-7-5-6(2)3;3*1-2/h3-7H,1-2H3;2-6H,1H3;4H,2,5H2,1,3H3;3*1-2H3. The fourth-order valence-corrected chi connectivity index (χ4v) is 3.09. The Morgan fingerprint density at radius 1 is 0.892 bits per heavy atom. The number of pyridine rings is 2. The summed E-state index contributed by atoms with van der Waals surface area (Å²) in [4.78, 5) is 12.5. The lowest BCUT2D eigenvalue weighted by atomic mass is 10.1. The molecule has 3 nitrogen and oxygen atoms in total. The van der Waals surface area contributed by atoms with Gasteiger partial charge in [0.05, 0.1) is 22.6 Å². The number of hydrogen-bond acceptors (Lipinski definition) is 3. The molecule has 0 fully saturated rings. The lowest BCUT2D eigenvalue weighted by Crippen LogP contribution is -1.82. The molecule has 0 atom stereocenters. The van der Waals surface area contributed by atoms with Crippen molar-refractivity contribution in [1.29, 1.82) is 0 Å². The molecule has 37 heavy (non-hydrogen) atoms. The maximum atomic E-state index is 5.97. The van der Waals surface area contributed by atoms with Crippen molar-refractivity contribution in [3.63, 3.8) is 0 Å². The van der Waals surface area contributed by atoms with Crippen molar-refractivity contribution in [2.24, 2.45) is 4.99 Å². The number of fused-ring (bicyclic) bond motifs is 2. The number of benzene rings is 2. The Bertz CT molecular complexity index is 1110. The number of aromatic nitrogens is 2. The first-order chi connectivity index (χ1) is 17.8. The molecule has 0 aliphatic carbocycles. The van der Waals surface area contributed by atoms with E-state index in [0.29, 0.717) is 0 Å². The molecular formula is C33H48ClN3. The largest absolute Gasteiger partial charge is 0.293 e. The molecule has 0 spiro atoms. The van der Waals surface area contributed by atoms with Crippen LogP contribution in [0.1, 0.15) is 72.1 Å². The number of aryl methyl sites for hydroxylation is 3. The van der Waals surface area contributed by atoms with E-state index in [2.05, 4.69) is 66.6 Å². The van der Waals surface area contributed by atoms with E-state index in [9.17, 15) is 0 Å². The fraction of sp³-hybridized carbons (Fsp3) is 0.364. The number of hydrogen-bond donors (Lipinski definition) is 0. The highest BCUT2D eigenvalue weighted by atomic mass is 35.5. The SMILES string of the molecule is C=C(C)CN=CC.CC.CC.CC.Cc1ccnc2c(Cl)cccc12.Cc1cnc2cc(C)ccc2c1. The van der Waals surface area contributed by atoms with Crippen molar-refractivity contribution in [1.82, 2.24) is 9.97 Å². The molecule has 2 heterocycles. The van der Waals surface area contributed by atoms with Gasteiger partial charge in [-0.05, 0) is 81.8 Å². The first-order valence-electron chi connectivity index (χ1n) is 13.2. The van der Waals surface area contributed by atoms with Crippen molar-refractivity contribution in [2.45, 2.75) is 76.2 Å². The average molecular weight is 522 g/mol. The monoisotopic (exact) mass is 521 g/mol. The molecule has 4 heteroatoms. The third kappa shape index (κ3) is 14.3. The summed E-state index contributed by atoms with van der Waals surface area (Å²) in [5.74, 6) is 0. The predicted octanol–water partition coefficient (Wildman–Crippen LogP) is 10.8. The van der Waals surface area contributed by atoms with Crippen LogP contribution in [0, 0.1) is 20.8 Å². The second-order valence-corrected chi connectivity index (χ2v) is 7.94. The van der Waals surface area contributed by atoms with Gasteiger partial charge in [0.1, 0.15) is 0 Å². The van der Waals surface area contributed by atoms with E-state index in [0.717, 1.165) is 33.6 Å². The van der Waals surface area contributed by atoms with Gasteiger partial charge in [-0.3, -0.25) is 15.0 Å². The summed E-state index contributed by atoms with van der Waals surface area (Å²) in [5, 5.41) is 3.07. The molecule has 4 rings (SSSR count). The predicted molar refractivity (Wildman–Crippen MR) is 171 cm³/mol. The molecule has 4 aromatic rings. The van der Waals surface area contributed by atoms with Crippen LogP contribution < -0.4 is 0 Å². The summed E-state index contributed by atoms with van der Waals surface area (Å²) in [6.45, 7) is 26.5. The maximum absolute atomic E-state index is 5.97. The van der Waals surface area contributed by atoms with E-state index in [1.54, 1.807) is 12.4 Å². The van der Waals surface area contributed by atoms with Crippen LogP contribution in [-0.2, 0) is 0 Å². The molecule has 0 saturated heterocycles. The van der Waals surface area contributed by atoms with Gasteiger partial charge in [0.25, 0.3) is 0 Å². The van der Waals surface area contributed by atoms with Crippen molar-refractivity contribution in [2.75, 3.05) is 6.54 Å². The van der Waals surface area contributed by atoms with Gasteiger partial charge in [0.2, 0.25) is 0 Å². The van der Waals surface area contributed by atoms with Gasteiger partial charge >= 0.3 is 0 Å². The minimum absolute atomic E-state index is 0.719. The maximum Gasteiger partial charge on any atom is 0.0890 e. The molecule has 0 aliphatic heterocycles. The Kier molecular flexibility index (Phi) is 21.7. The Morgan fingerprint density at radius 2 is 1.54 bits per heavy atom. The van der Waals surface area contributed by atoms with Crippen LogP contribution in [0.5, 0.6) is 0 Å². The van der Waals surface area contributed by atoms with Crippen LogP contribution in [0.15, 0.2) is 78.1 Å². The minimum atomic E-state index is 0.719. The minimum Gasteiger partial charge on any atom is -0.293 e. The number of aliphatic imine (C=N–C) groups is 1. The number of nitrogens with zero attached hydrogens (tertiary/aromatic N) is 3. The van der Waals surface area contributed by atoms with Gasteiger partial charge in [0, 0.05) is 23.2 Å². The zero-order chi connectivity index (χ0) is 28.8. The van der Waals surface area contributed by atoms with Gasteiger partial charge in [0.15, 0.2) is 0 Å². The zero-order valence-corrected chi connectivity index (χ0v) is 25.7. The highest BCUT2D eigenvalue weighted by Crippen LogP contribution is 2.22. The van der Waals surface area contributed by atoms with Crippen LogP contribution in [0.3, 0.4) is 0 Å². The number of para-hydroxylation sites is 1. The highest BCUT2D eigenvalue weighted by Gasteiger charge is 2.00. The molecule has 2 aromatic heterocycles. The first kappa shape index (κ1) is 36.1. The quantitative estimate of drug-likeness (QED) is 0.194. The van der Waals surface area contributed by atoms with E-state index in [4.69, 9.17) is 11.6 Å². The van der Waals surface area contributed by atoms with E-state index < -0.39 is 0 Å². The summed E-state index contributed by atoms with van der Waals surface area (Å²) in [7, 11) is 0. The summed E-state index contributed by atoms with van der Waals surface area (Å²) in [6, 6.07) is 16.3. The molecule has 2 aromatic carbocycles. The number of halogens is 1.